The summed E-state index contributed by atoms with van der Waals surface area (Å²) in [5.41, 5.74) is 14.1. The van der Waals surface area contributed by atoms with Crippen molar-refractivity contribution in [2.75, 3.05) is 0 Å². The molecule has 0 amide bonds. The van der Waals surface area contributed by atoms with Gasteiger partial charge in [0.1, 0.15) is 0 Å². The zero-order valence-electron chi connectivity index (χ0n) is 30.9. The number of benzene rings is 7. The minimum absolute atomic E-state index is 0.348. The van der Waals surface area contributed by atoms with Gasteiger partial charge in [-0.15, -0.1) is 0 Å². The quantitative estimate of drug-likeness (QED) is 0.172. The predicted molar refractivity (Wildman–Crippen MR) is 245 cm³/mol. The fourth-order valence-electron chi connectivity index (χ4n) is 7.33. The normalized spacial score (nSPS) is 12.3. The van der Waals surface area contributed by atoms with Crippen molar-refractivity contribution in [1.82, 2.24) is 15.0 Å². The summed E-state index contributed by atoms with van der Waals surface area (Å²) in [5.74, 6) is 1.98. The van der Waals surface area contributed by atoms with Gasteiger partial charge in [0.15, 0.2) is 17.5 Å². The van der Waals surface area contributed by atoms with Gasteiger partial charge in [0.25, 0.3) is 0 Å². The maximum atomic E-state index is 4.73. The van der Waals surface area contributed by atoms with Gasteiger partial charge in [0.2, 0.25) is 0 Å². The molecule has 0 unspecified atom stereocenters. The van der Waals surface area contributed by atoms with Gasteiger partial charge in [0.05, 0.1) is 5.41 Å². The maximum Gasteiger partial charge on any atom is 0.164 e. The van der Waals surface area contributed by atoms with Crippen LogP contribution in [0.5, 0.6) is 0 Å². The summed E-state index contributed by atoms with van der Waals surface area (Å²) in [7, 11) is 0. The van der Waals surface area contributed by atoms with Crippen molar-refractivity contribution in [3.8, 4) is 45.3 Å². The summed E-state index contributed by atoms with van der Waals surface area (Å²) >= 11 is 14.4. The largest absolute Gasteiger partial charge is 0.208 e. The Kier molecular flexibility index (Phi) is 11.1. The average Bonchev–Trinajstić information content (AvgIpc) is 3.48. The van der Waals surface area contributed by atoms with Crippen LogP contribution >= 0.6 is 63.7 Å². The van der Waals surface area contributed by atoms with Crippen LogP contribution in [0.1, 0.15) is 38.9 Å². The molecular weight excluding hydrogens is 950 g/mol. The number of hydrogen-bond acceptors (Lipinski definition) is 3. The second kappa shape index (κ2) is 16.1. The minimum atomic E-state index is -0.348. The zero-order valence-corrected chi connectivity index (χ0v) is 37.2. The molecule has 3 nitrogen and oxygen atoms in total. The second-order valence-electron chi connectivity index (χ2n) is 14.0. The predicted octanol–water partition coefficient (Wildman–Crippen LogP) is 14.9. The first kappa shape index (κ1) is 38.3. The van der Waals surface area contributed by atoms with E-state index in [1.807, 2.05) is 60.7 Å². The third-order valence-corrected chi connectivity index (χ3v) is 12.2. The Morgan fingerprint density at radius 3 is 0.964 bits per heavy atom. The van der Waals surface area contributed by atoms with Gasteiger partial charge in [-0.1, -0.05) is 190 Å². The van der Waals surface area contributed by atoms with Crippen molar-refractivity contribution >= 4 is 63.7 Å². The zero-order chi connectivity index (χ0) is 39.0. The molecule has 274 valence electrons. The monoisotopic (exact) mass is 981 g/mol. The van der Waals surface area contributed by atoms with E-state index in [1.54, 1.807) is 0 Å². The lowest BCUT2D eigenvalue weighted by atomic mass is 9.67. The fourth-order valence-corrected chi connectivity index (χ4v) is 8.58. The lowest BCUT2D eigenvalue weighted by molar-refractivity contribution is 0.766. The SMILES string of the molecule is Cc1ccc(-c2nc(-c3ccc(Br)cc3)nc(-c3ccc(Br)cc3)n2)cc1.Cc1ccc(C2(c3ccc(C)cc3)c3cc(Br)ccc3-c3ccc(Br)cc32)cc1. The molecule has 0 N–H and O–H groups in total. The van der Waals surface area contributed by atoms with Crippen LogP contribution in [0.3, 0.4) is 0 Å². The Bertz CT molecular complexity index is 2420. The number of hydrogen-bond donors (Lipinski definition) is 0. The molecule has 0 saturated heterocycles. The Hall–Kier alpha value is -4.53. The van der Waals surface area contributed by atoms with Crippen LogP contribution in [0.25, 0.3) is 45.3 Å². The van der Waals surface area contributed by atoms with Crippen molar-refractivity contribution in [2.24, 2.45) is 0 Å². The summed E-state index contributed by atoms with van der Waals surface area (Å²) in [5, 5.41) is 0. The van der Waals surface area contributed by atoms with E-state index in [2.05, 4.69) is 182 Å². The molecule has 1 aromatic heterocycles. The van der Waals surface area contributed by atoms with E-state index in [-0.39, 0.29) is 5.41 Å². The van der Waals surface area contributed by atoms with Gasteiger partial charge < -0.3 is 0 Å². The van der Waals surface area contributed by atoms with E-state index in [9.17, 15) is 0 Å². The lowest BCUT2D eigenvalue weighted by Crippen LogP contribution is -2.28. The molecular formula is C49H35Br4N3. The summed E-state index contributed by atoms with van der Waals surface area (Å²) in [6.07, 6.45) is 0. The number of aromatic nitrogens is 3. The van der Waals surface area contributed by atoms with E-state index in [0.717, 1.165) is 34.6 Å². The van der Waals surface area contributed by atoms with Crippen LogP contribution in [0.15, 0.2) is 176 Å². The minimum Gasteiger partial charge on any atom is -0.208 e. The van der Waals surface area contributed by atoms with E-state index in [4.69, 9.17) is 15.0 Å². The van der Waals surface area contributed by atoms with Crippen LogP contribution in [-0.2, 0) is 5.41 Å². The number of fused-ring (bicyclic) bond motifs is 3. The Balaban J connectivity index is 0.000000158. The van der Waals surface area contributed by atoms with Gasteiger partial charge >= 0.3 is 0 Å². The Morgan fingerprint density at radius 2 is 0.625 bits per heavy atom. The van der Waals surface area contributed by atoms with Crippen molar-refractivity contribution in [1.29, 1.82) is 0 Å². The number of halogens is 4. The number of nitrogens with zero attached hydrogens (tertiary/aromatic N) is 3. The molecule has 0 saturated carbocycles. The highest BCUT2D eigenvalue weighted by molar-refractivity contribution is 9.11. The van der Waals surface area contributed by atoms with E-state index < -0.39 is 0 Å². The Labute approximate surface area is 361 Å². The molecule has 0 fully saturated rings. The molecule has 7 aromatic carbocycles. The summed E-state index contributed by atoms with van der Waals surface area (Å²) in [6, 6.07) is 55.6. The van der Waals surface area contributed by atoms with Crippen molar-refractivity contribution in [3.05, 3.63) is 215 Å². The smallest absolute Gasteiger partial charge is 0.164 e. The molecule has 0 radical (unpaired) electrons. The fraction of sp³-hybridized carbons (Fsp3) is 0.0816. The third kappa shape index (κ3) is 7.62. The first-order valence-corrected chi connectivity index (χ1v) is 21.4. The van der Waals surface area contributed by atoms with Crippen LogP contribution in [0, 0.1) is 20.8 Å². The van der Waals surface area contributed by atoms with Crippen LogP contribution in [-0.4, -0.2) is 15.0 Å². The van der Waals surface area contributed by atoms with E-state index in [0.29, 0.717) is 17.5 Å². The molecule has 0 spiro atoms. The second-order valence-corrected chi connectivity index (χ2v) is 17.7. The van der Waals surface area contributed by atoms with E-state index >= 15 is 0 Å². The molecule has 0 aliphatic heterocycles. The molecule has 8 aromatic rings. The number of rotatable bonds is 5. The first-order chi connectivity index (χ1) is 27.1. The van der Waals surface area contributed by atoms with E-state index in [1.165, 1.54) is 50.1 Å². The lowest BCUT2D eigenvalue weighted by Gasteiger charge is -2.34. The standard InChI is InChI=1S/C27H20Br2.C22H15Br2N3/c1-17-3-7-19(8-4-17)27(20-9-5-18(2)6-10-20)25-15-21(28)11-13-23(25)24-14-12-22(29)16-26(24)27;1-14-2-4-15(5-3-14)20-25-21(16-6-10-18(23)11-7-16)27-22(26-20)17-8-12-19(24)13-9-17/h3-16H,1-2H3;2-13H,1H3. The van der Waals surface area contributed by atoms with Crippen molar-refractivity contribution in [3.63, 3.8) is 0 Å². The maximum absolute atomic E-state index is 4.73. The highest BCUT2D eigenvalue weighted by Gasteiger charge is 2.46. The van der Waals surface area contributed by atoms with Gasteiger partial charge in [-0.2, -0.15) is 0 Å². The topological polar surface area (TPSA) is 38.7 Å². The highest BCUT2D eigenvalue weighted by Crippen LogP contribution is 2.57. The van der Waals surface area contributed by atoms with Gasteiger partial charge in [0, 0.05) is 34.6 Å². The van der Waals surface area contributed by atoms with Crippen LogP contribution < -0.4 is 0 Å². The van der Waals surface area contributed by atoms with Crippen molar-refractivity contribution in [2.45, 2.75) is 26.2 Å². The molecule has 7 heteroatoms. The van der Waals surface area contributed by atoms with Crippen molar-refractivity contribution < 1.29 is 0 Å². The molecule has 1 aliphatic carbocycles. The third-order valence-electron chi connectivity index (χ3n) is 10.2. The first-order valence-electron chi connectivity index (χ1n) is 18.2. The highest BCUT2D eigenvalue weighted by atomic mass is 79.9. The van der Waals surface area contributed by atoms with Gasteiger partial charge in [-0.25, -0.2) is 15.0 Å². The number of aryl methyl sites for hydroxylation is 3. The van der Waals surface area contributed by atoms with Crippen LogP contribution in [0.2, 0.25) is 0 Å². The summed E-state index contributed by atoms with van der Waals surface area (Å²) in [6.45, 7) is 6.36. The molecule has 0 atom stereocenters. The molecule has 56 heavy (non-hydrogen) atoms. The average molecular weight is 985 g/mol. The molecule has 1 aliphatic rings. The molecule has 9 rings (SSSR count). The van der Waals surface area contributed by atoms with Gasteiger partial charge in [-0.3, -0.25) is 0 Å². The summed E-state index contributed by atoms with van der Waals surface area (Å²) in [4.78, 5) is 14.2. The molecule has 1 heterocycles. The molecule has 0 bridgehead atoms. The van der Waals surface area contributed by atoms with Gasteiger partial charge in [-0.05, 0) is 103 Å². The summed E-state index contributed by atoms with van der Waals surface area (Å²) < 4.78 is 4.25. The van der Waals surface area contributed by atoms with Crippen LogP contribution in [0.4, 0.5) is 0 Å². The Morgan fingerprint density at radius 1 is 0.339 bits per heavy atom.